The first-order valence-corrected chi connectivity index (χ1v) is 6.86. The summed E-state index contributed by atoms with van der Waals surface area (Å²) in [7, 11) is 0. The van der Waals surface area contributed by atoms with Gasteiger partial charge in [-0.3, -0.25) is 4.79 Å². The van der Waals surface area contributed by atoms with Gasteiger partial charge < -0.3 is 4.90 Å². The lowest BCUT2D eigenvalue weighted by Gasteiger charge is -2.31. The van der Waals surface area contributed by atoms with Gasteiger partial charge in [-0.25, -0.2) is 0 Å². The molecule has 0 bridgehead atoms. The monoisotopic (exact) mass is 289 g/mol. The smallest absolute Gasteiger partial charge is 0.331 e. The number of thioether (sulfide) groups is 1. The Balaban J connectivity index is 2.72. The molecule has 7 heteroatoms. The predicted octanol–water partition coefficient (Wildman–Crippen LogP) is 2.90. The number of nitrogens with zero attached hydrogens (tertiary/aromatic N) is 1. The molecule has 1 saturated heterocycles. The van der Waals surface area contributed by atoms with E-state index in [2.05, 4.69) is 0 Å². The van der Waals surface area contributed by atoms with E-state index >= 15 is 0 Å². The highest BCUT2D eigenvalue weighted by atomic mass is 35.5. The lowest BCUT2D eigenvalue weighted by Crippen LogP contribution is -2.48. The number of hydrogen-bond acceptors (Lipinski definition) is 2. The molecule has 1 rings (SSSR count). The number of amides is 1. The molecule has 0 aromatic heterocycles. The summed E-state index contributed by atoms with van der Waals surface area (Å²) in [5.74, 6) is 0.393. The highest BCUT2D eigenvalue weighted by molar-refractivity contribution is 8.01. The average Bonchev–Trinajstić information content (AvgIpc) is 2.63. The third kappa shape index (κ3) is 4.25. The number of hydrogen-bond donors (Lipinski definition) is 0. The Morgan fingerprint density at radius 1 is 1.53 bits per heavy atom. The third-order valence-electron chi connectivity index (χ3n) is 2.68. The number of carbonyl (C=O) groups excluding carboxylic acids is 1. The molecule has 1 amide bonds. The topological polar surface area (TPSA) is 20.3 Å². The highest BCUT2D eigenvalue weighted by Crippen LogP contribution is 2.39. The van der Waals surface area contributed by atoms with E-state index in [0.29, 0.717) is 6.42 Å². The van der Waals surface area contributed by atoms with Crippen molar-refractivity contribution in [1.29, 1.82) is 0 Å². The Morgan fingerprint density at radius 3 is 2.59 bits per heavy atom. The number of alkyl halides is 4. The first-order chi connectivity index (χ1) is 7.78. The van der Waals surface area contributed by atoms with Gasteiger partial charge in [0.1, 0.15) is 6.54 Å². The summed E-state index contributed by atoms with van der Waals surface area (Å²) in [6.07, 6.45) is -2.87. The summed E-state index contributed by atoms with van der Waals surface area (Å²) in [6, 6.07) is 0. The molecule has 1 aliphatic rings. The molecule has 1 unspecified atom stereocenters. The fourth-order valence-electron chi connectivity index (χ4n) is 1.85. The lowest BCUT2D eigenvalue weighted by atomic mass is 10.0. The second-order valence-corrected chi connectivity index (χ2v) is 6.19. The minimum Gasteiger partial charge on any atom is -0.331 e. The van der Waals surface area contributed by atoms with Gasteiger partial charge in [0.15, 0.2) is 0 Å². The molecule has 100 valence electrons. The fraction of sp³-hybridized carbons (Fsp3) is 0.900. The van der Waals surface area contributed by atoms with E-state index in [4.69, 9.17) is 11.6 Å². The zero-order valence-electron chi connectivity index (χ0n) is 9.52. The van der Waals surface area contributed by atoms with Crippen LogP contribution in [-0.2, 0) is 4.79 Å². The van der Waals surface area contributed by atoms with Crippen molar-refractivity contribution < 1.29 is 18.0 Å². The van der Waals surface area contributed by atoms with Crippen LogP contribution in [0.1, 0.15) is 19.8 Å². The summed E-state index contributed by atoms with van der Waals surface area (Å²) in [4.78, 5) is 12.9. The maximum absolute atomic E-state index is 12.4. The molecule has 0 radical (unpaired) electrons. The molecule has 1 heterocycles. The van der Waals surface area contributed by atoms with Crippen molar-refractivity contribution in [3.05, 3.63) is 0 Å². The Morgan fingerprint density at radius 2 is 2.18 bits per heavy atom. The summed E-state index contributed by atoms with van der Waals surface area (Å²) in [5.41, 5.74) is 0. The normalized spacial score (nSPS) is 25.0. The van der Waals surface area contributed by atoms with Crippen LogP contribution in [0, 0.1) is 0 Å². The van der Waals surface area contributed by atoms with Crippen molar-refractivity contribution in [3.8, 4) is 0 Å². The standard InChI is InChI=1S/C10H15ClF3NOS/c1-9(3-2-6-17-9)8(16)15(5-4-11)7-10(12,13)14/h2-7H2,1H3. The molecular weight excluding hydrogens is 275 g/mol. The second-order valence-electron chi connectivity index (χ2n) is 4.21. The van der Waals surface area contributed by atoms with Crippen LogP contribution in [0.15, 0.2) is 0 Å². The molecule has 0 spiro atoms. The van der Waals surface area contributed by atoms with Crippen LogP contribution in [0.2, 0.25) is 0 Å². The van der Waals surface area contributed by atoms with Gasteiger partial charge in [0.25, 0.3) is 0 Å². The maximum atomic E-state index is 12.4. The van der Waals surface area contributed by atoms with Gasteiger partial charge in [-0.1, -0.05) is 0 Å². The zero-order valence-corrected chi connectivity index (χ0v) is 11.1. The van der Waals surface area contributed by atoms with E-state index in [1.165, 1.54) is 11.8 Å². The van der Waals surface area contributed by atoms with Gasteiger partial charge in [-0.15, -0.1) is 23.4 Å². The van der Waals surface area contributed by atoms with E-state index in [9.17, 15) is 18.0 Å². The third-order valence-corrected chi connectivity index (χ3v) is 4.36. The van der Waals surface area contributed by atoms with Crippen molar-refractivity contribution in [1.82, 2.24) is 4.90 Å². The molecule has 0 saturated carbocycles. The SMILES string of the molecule is CC1(C(=O)N(CCCl)CC(F)(F)F)CCCS1. The van der Waals surface area contributed by atoms with Crippen LogP contribution in [0.3, 0.4) is 0 Å². The molecule has 0 aromatic carbocycles. The Labute approximate surface area is 108 Å². The molecule has 0 aliphatic carbocycles. The molecule has 1 fully saturated rings. The summed E-state index contributed by atoms with van der Waals surface area (Å²) in [6.45, 7) is 0.440. The van der Waals surface area contributed by atoms with E-state index in [1.54, 1.807) is 6.92 Å². The van der Waals surface area contributed by atoms with Crippen molar-refractivity contribution >= 4 is 29.3 Å². The van der Waals surface area contributed by atoms with Gasteiger partial charge in [0.2, 0.25) is 5.91 Å². The first kappa shape index (κ1) is 15.0. The maximum Gasteiger partial charge on any atom is 0.406 e. The second kappa shape index (κ2) is 5.69. The highest BCUT2D eigenvalue weighted by Gasteiger charge is 2.43. The van der Waals surface area contributed by atoms with E-state index in [1.807, 2.05) is 0 Å². The number of rotatable bonds is 4. The van der Waals surface area contributed by atoms with Gasteiger partial charge in [-0.2, -0.15) is 13.2 Å². The molecule has 17 heavy (non-hydrogen) atoms. The predicted molar refractivity (Wildman–Crippen MR) is 63.5 cm³/mol. The van der Waals surface area contributed by atoms with Crippen LogP contribution < -0.4 is 0 Å². The lowest BCUT2D eigenvalue weighted by molar-refractivity contribution is -0.162. The number of carbonyl (C=O) groups is 1. The minimum absolute atomic E-state index is 0.0164. The van der Waals surface area contributed by atoms with E-state index in [-0.39, 0.29) is 12.4 Å². The first-order valence-electron chi connectivity index (χ1n) is 5.34. The van der Waals surface area contributed by atoms with E-state index < -0.39 is 23.4 Å². The number of halogens is 4. The van der Waals surface area contributed by atoms with Crippen molar-refractivity contribution in [2.45, 2.75) is 30.7 Å². The van der Waals surface area contributed by atoms with Gasteiger partial charge in [-0.05, 0) is 25.5 Å². The van der Waals surface area contributed by atoms with Crippen LogP contribution in [0.5, 0.6) is 0 Å². The quantitative estimate of drug-likeness (QED) is 0.742. The Bertz CT molecular complexity index is 279. The van der Waals surface area contributed by atoms with Crippen LogP contribution >= 0.6 is 23.4 Å². The van der Waals surface area contributed by atoms with Gasteiger partial charge in [0.05, 0.1) is 4.75 Å². The Hall–Kier alpha value is -0.100. The van der Waals surface area contributed by atoms with Crippen LogP contribution in [-0.4, -0.2) is 46.5 Å². The Kier molecular flexibility index (Phi) is 5.01. The molecule has 1 atom stereocenters. The van der Waals surface area contributed by atoms with Gasteiger partial charge in [0, 0.05) is 12.4 Å². The van der Waals surface area contributed by atoms with Crippen molar-refractivity contribution in [2.75, 3.05) is 24.7 Å². The molecular formula is C10H15ClF3NOS. The molecule has 2 nitrogen and oxygen atoms in total. The fourth-order valence-corrected chi connectivity index (χ4v) is 3.34. The van der Waals surface area contributed by atoms with Crippen LogP contribution in [0.4, 0.5) is 13.2 Å². The van der Waals surface area contributed by atoms with Crippen molar-refractivity contribution in [3.63, 3.8) is 0 Å². The van der Waals surface area contributed by atoms with Crippen molar-refractivity contribution in [2.24, 2.45) is 0 Å². The van der Waals surface area contributed by atoms with Gasteiger partial charge >= 0.3 is 6.18 Å². The molecule has 0 N–H and O–H groups in total. The molecule has 1 aliphatic heterocycles. The summed E-state index contributed by atoms with van der Waals surface area (Å²) < 4.78 is 36.4. The minimum atomic E-state index is -4.37. The summed E-state index contributed by atoms with van der Waals surface area (Å²) in [5, 5.41) is 0. The zero-order chi connectivity index (χ0) is 13.1. The molecule has 0 aromatic rings. The average molecular weight is 290 g/mol. The summed E-state index contributed by atoms with van der Waals surface area (Å²) >= 11 is 6.88. The largest absolute Gasteiger partial charge is 0.406 e. The van der Waals surface area contributed by atoms with E-state index in [0.717, 1.165) is 17.1 Å². The van der Waals surface area contributed by atoms with Crippen LogP contribution in [0.25, 0.3) is 0 Å².